The van der Waals surface area contributed by atoms with Crippen LogP contribution >= 0.6 is 0 Å². The number of ketones is 1. The minimum absolute atomic E-state index is 0.118. The maximum Gasteiger partial charge on any atom is 0.311 e. The van der Waals surface area contributed by atoms with Crippen LogP contribution in [0.25, 0.3) is 0 Å². The van der Waals surface area contributed by atoms with Crippen LogP contribution in [0.3, 0.4) is 0 Å². The Morgan fingerprint density at radius 3 is 2.42 bits per heavy atom. The zero-order valence-corrected chi connectivity index (χ0v) is 10.3. The highest BCUT2D eigenvalue weighted by atomic mass is 16.4. The first kappa shape index (κ1) is 13.0. The van der Waals surface area contributed by atoms with Crippen molar-refractivity contribution < 1.29 is 14.7 Å². The molecule has 0 aliphatic heterocycles. The van der Waals surface area contributed by atoms with Crippen molar-refractivity contribution in [2.75, 3.05) is 0 Å². The molecular formula is C16H14O3. The lowest BCUT2D eigenvalue weighted by atomic mass is 9.88. The first-order chi connectivity index (χ1) is 9.18. The van der Waals surface area contributed by atoms with Gasteiger partial charge >= 0.3 is 5.97 Å². The Kier molecular flexibility index (Phi) is 4.08. The summed E-state index contributed by atoms with van der Waals surface area (Å²) < 4.78 is 0. The molecule has 3 heteroatoms. The van der Waals surface area contributed by atoms with Crippen LogP contribution in [0.4, 0.5) is 0 Å². The second-order valence-electron chi connectivity index (χ2n) is 4.30. The Bertz CT molecular complexity index is 553. The molecule has 3 nitrogen and oxygen atoms in total. The number of benzene rings is 1. The maximum atomic E-state index is 11.9. The first-order valence-electron chi connectivity index (χ1n) is 6.04. The fraction of sp³-hybridized carbons (Fsp3) is 0.125. The highest BCUT2D eigenvalue weighted by Crippen LogP contribution is 2.21. The van der Waals surface area contributed by atoms with Crippen molar-refractivity contribution in [3.05, 3.63) is 72.4 Å². The second-order valence-corrected chi connectivity index (χ2v) is 4.30. The van der Waals surface area contributed by atoms with Gasteiger partial charge in [-0.3, -0.25) is 9.59 Å². The van der Waals surface area contributed by atoms with Crippen LogP contribution in [0.5, 0.6) is 0 Å². The van der Waals surface area contributed by atoms with Gasteiger partial charge < -0.3 is 5.11 Å². The Balaban J connectivity index is 2.10. The predicted molar refractivity (Wildman–Crippen MR) is 72.8 cm³/mol. The summed E-state index contributed by atoms with van der Waals surface area (Å²) in [7, 11) is 0. The van der Waals surface area contributed by atoms with Crippen molar-refractivity contribution in [2.24, 2.45) is 11.8 Å². The van der Waals surface area contributed by atoms with E-state index in [9.17, 15) is 9.59 Å². The van der Waals surface area contributed by atoms with E-state index in [0.717, 1.165) is 0 Å². The number of hydrogen-bond donors (Lipinski definition) is 1. The molecule has 0 fully saturated rings. The van der Waals surface area contributed by atoms with E-state index in [0.29, 0.717) is 5.56 Å². The fourth-order valence-electron chi connectivity index (χ4n) is 1.95. The minimum atomic E-state index is -0.887. The predicted octanol–water partition coefficient (Wildman–Crippen LogP) is 2.87. The number of aliphatic carboxylic acids is 1. The third kappa shape index (κ3) is 3.28. The van der Waals surface area contributed by atoms with Crippen molar-refractivity contribution in [1.29, 1.82) is 0 Å². The molecule has 96 valence electrons. The Hall–Kier alpha value is -2.42. The van der Waals surface area contributed by atoms with Gasteiger partial charge in [0.2, 0.25) is 0 Å². The van der Waals surface area contributed by atoms with Gasteiger partial charge in [-0.15, -0.1) is 0 Å². The van der Waals surface area contributed by atoms with Gasteiger partial charge in [0.15, 0.2) is 5.78 Å². The third-order valence-electron chi connectivity index (χ3n) is 2.99. The van der Waals surface area contributed by atoms with Gasteiger partial charge in [0.05, 0.1) is 5.92 Å². The largest absolute Gasteiger partial charge is 0.481 e. The zero-order valence-electron chi connectivity index (χ0n) is 10.3. The molecule has 1 aliphatic rings. The number of carbonyl (C=O) groups excluding carboxylic acids is 1. The minimum Gasteiger partial charge on any atom is -0.481 e. The van der Waals surface area contributed by atoms with Gasteiger partial charge in [0.1, 0.15) is 0 Å². The molecular weight excluding hydrogens is 240 g/mol. The lowest BCUT2D eigenvalue weighted by Gasteiger charge is -2.16. The van der Waals surface area contributed by atoms with Crippen molar-refractivity contribution in [2.45, 2.75) is 0 Å². The second kappa shape index (κ2) is 5.96. The summed E-state index contributed by atoms with van der Waals surface area (Å²) in [5.74, 6) is -1.89. The molecule has 0 spiro atoms. The maximum absolute atomic E-state index is 11.9. The molecule has 1 aliphatic carbocycles. The van der Waals surface area contributed by atoms with Gasteiger partial charge in [-0.2, -0.15) is 0 Å². The summed E-state index contributed by atoms with van der Waals surface area (Å²) >= 11 is 0. The van der Waals surface area contributed by atoms with E-state index in [-0.39, 0.29) is 11.7 Å². The van der Waals surface area contributed by atoms with Gasteiger partial charge in [0.25, 0.3) is 0 Å². The molecule has 2 atom stereocenters. The Morgan fingerprint density at radius 1 is 1.05 bits per heavy atom. The average Bonchev–Trinajstić information content (AvgIpc) is 2.46. The van der Waals surface area contributed by atoms with E-state index in [1.54, 1.807) is 54.6 Å². The zero-order chi connectivity index (χ0) is 13.7. The monoisotopic (exact) mass is 254 g/mol. The smallest absolute Gasteiger partial charge is 0.311 e. The number of carboxylic acids is 1. The van der Waals surface area contributed by atoms with E-state index in [4.69, 9.17) is 5.11 Å². The molecule has 0 aromatic heterocycles. The topological polar surface area (TPSA) is 54.4 Å². The lowest BCUT2D eigenvalue weighted by Crippen LogP contribution is -2.20. The number of hydrogen-bond acceptors (Lipinski definition) is 2. The first-order valence-corrected chi connectivity index (χ1v) is 6.04. The van der Waals surface area contributed by atoms with Crippen LogP contribution < -0.4 is 0 Å². The van der Waals surface area contributed by atoms with Crippen molar-refractivity contribution in [3.8, 4) is 0 Å². The van der Waals surface area contributed by atoms with Crippen LogP contribution in [-0.2, 0) is 4.79 Å². The summed E-state index contributed by atoms with van der Waals surface area (Å²) in [4.78, 5) is 23.0. The van der Waals surface area contributed by atoms with E-state index < -0.39 is 11.9 Å². The highest BCUT2D eigenvalue weighted by molar-refractivity contribution is 6.04. The molecule has 0 amide bonds. The van der Waals surface area contributed by atoms with Crippen molar-refractivity contribution in [1.82, 2.24) is 0 Å². The van der Waals surface area contributed by atoms with E-state index in [1.807, 2.05) is 6.07 Å². The standard InChI is InChI=1S/C16H14O3/c17-15(13-7-2-1-3-8-13)11-10-12-6-4-5-9-14(12)16(18)19/h1-12,14H,(H,18,19). The third-order valence-corrected chi connectivity index (χ3v) is 2.99. The molecule has 1 N–H and O–H groups in total. The number of carboxylic acid groups (broad SMARTS) is 1. The van der Waals surface area contributed by atoms with Crippen LogP contribution in [0.15, 0.2) is 66.8 Å². The van der Waals surface area contributed by atoms with Gasteiger partial charge in [-0.25, -0.2) is 0 Å². The van der Waals surface area contributed by atoms with Crippen LogP contribution in [-0.4, -0.2) is 16.9 Å². The van der Waals surface area contributed by atoms with E-state index in [1.165, 1.54) is 6.08 Å². The summed E-state index contributed by atoms with van der Waals surface area (Å²) in [5.41, 5.74) is 0.598. The van der Waals surface area contributed by atoms with Gasteiger partial charge in [-0.05, 0) is 6.08 Å². The summed E-state index contributed by atoms with van der Waals surface area (Å²) in [6.45, 7) is 0. The number of allylic oxidation sites excluding steroid dienone is 5. The molecule has 0 saturated carbocycles. The Morgan fingerprint density at radius 2 is 1.74 bits per heavy atom. The summed E-state index contributed by atoms with van der Waals surface area (Å²) in [5, 5.41) is 9.09. The molecule has 2 unspecified atom stereocenters. The quantitative estimate of drug-likeness (QED) is 0.664. The van der Waals surface area contributed by atoms with Gasteiger partial charge in [0, 0.05) is 11.5 Å². The molecule has 0 bridgehead atoms. The molecule has 0 radical (unpaired) electrons. The highest BCUT2D eigenvalue weighted by Gasteiger charge is 2.23. The van der Waals surface area contributed by atoms with Crippen molar-refractivity contribution in [3.63, 3.8) is 0 Å². The van der Waals surface area contributed by atoms with E-state index >= 15 is 0 Å². The number of rotatable bonds is 4. The van der Waals surface area contributed by atoms with Crippen LogP contribution in [0.1, 0.15) is 10.4 Å². The molecule has 0 saturated heterocycles. The molecule has 2 rings (SSSR count). The Labute approximate surface area is 111 Å². The molecule has 1 aromatic carbocycles. The normalized spacial score (nSPS) is 21.7. The molecule has 19 heavy (non-hydrogen) atoms. The van der Waals surface area contributed by atoms with E-state index in [2.05, 4.69) is 0 Å². The van der Waals surface area contributed by atoms with Crippen LogP contribution in [0, 0.1) is 11.8 Å². The number of carbonyl (C=O) groups is 2. The van der Waals surface area contributed by atoms with Crippen molar-refractivity contribution >= 4 is 11.8 Å². The summed E-state index contributed by atoms with van der Waals surface area (Å²) in [6.07, 6.45) is 10.0. The lowest BCUT2D eigenvalue weighted by molar-refractivity contribution is -0.140. The van der Waals surface area contributed by atoms with Crippen LogP contribution in [0.2, 0.25) is 0 Å². The average molecular weight is 254 g/mol. The molecule has 0 heterocycles. The SMILES string of the molecule is O=C(C=CC1C=CC=CC1C(=O)O)c1ccccc1. The van der Waals surface area contributed by atoms with Gasteiger partial charge in [-0.1, -0.05) is 60.7 Å². The fourth-order valence-corrected chi connectivity index (χ4v) is 1.95. The summed E-state index contributed by atoms with van der Waals surface area (Å²) in [6, 6.07) is 8.90. The molecule has 1 aromatic rings.